The maximum atomic E-state index is 12.0. The first-order chi connectivity index (χ1) is 10.5. The van der Waals surface area contributed by atoms with E-state index in [1.807, 2.05) is 0 Å². The van der Waals surface area contributed by atoms with E-state index in [4.69, 9.17) is 0 Å². The zero-order valence-corrected chi connectivity index (χ0v) is 12.8. The van der Waals surface area contributed by atoms with Gasteiger partial charge in [-0.25, -0.2) is 4.98 Å². The van der Waals surface area contributed by atoms with Crippen molar-refractivity contribution in [2.75, 3.05) is 13.1 Å². The first kappa shape index (κ1) is 14.7. The molecule has 1 aliphatic rings. The Hall–Kier alpha value is -2.22. The van der Waals surface area contributed by atoms with Crippen molar-refractivity contribution in [1.82, 2.24) is 30.0 Å². The first-order valence-corrected chi connectivity index (χ1v) is 7.43. The molecule has 1 aliphatic heterocycles. The number of amides is 1. The number of piperidine rings is 1. The Morgan fingerprint density at radius 1 is 1.55 bits per heavy atom. The summed E-state index contributed by atoms with van der Waals surface area (Å²) in [5.41, 5.74) is 0.428. The van der Waals surface area contributed by atoms with Crippen molar-refractivity contribution in [3.05, 3.63) is 22.4 Å². The van der Waals surface area contributed by atoms with Crippen LogP contribution in [0.4, 0.5) is 0 Å². The number of H-pyrrole nitrogens is 1. The zero-order valence-electron chi connectivity index (χ0n) is 12.8. The molecule has 1 atom stereocenters. The second-order valence-corrected chi connectivity index (χ2v) is 5.79. The quantitative estimate of drug-likeness (QED) is 0.816. The highest BCUT2D eigenvalue weighted by Gasteiger charge is 2.21. The van der Waals surface area contributed by atoms with Gasteiger partial charge < -0.3 is 10.3 Å². The molecular weight excluding hydrogens is 284 g/mol. The van der Waals surface area contributed by atoms with Gasteiger partial charge in [-0.15, -0.1) is 0 Å². The molecule has 2 N–H and O–H groups in total. The fourth-order valence-electron chi connectivity index (χ4n) is 2.97. The number of rotatable bonds is 3. The Morgan fingerprint density at radius 3 is 3.14 bits per heavy atom. The number of carbonyl (C=O) groups is 1. The lowest BCUT2D eigenvalue weighted by molar-refractivity contribution is -0.120. The average molecular weight is 304 g/mol. The van der Waals surface area contributed by atoms with Crippen molar-refractivity contribution in [3.63, 3.8) is 0 Å². The second kappa shape index (κ2) is 5.88. The van der Waals surface area contributed by atoms with Crippen LogP contribution < -0.4 is 10.9 Å². The number of likely N-dealkylation sites (tertiary alicyclic amines) is 1. The Bertz CT molecular complexity index is 749. The number of aryl methyl sites for hydroxylation is 1. The lowest BCUT2D eigenvalue weighted by Crippen LogP contribution is -2.47. The summed E-state index contributed by atoms with van der Waals surface area (Å²) in [6.07, 6.45) is 3.53. The summed E-state index contributed by atoms with van der Waals surface area (Å²) in [7, 11) is 1.77. The molecular formula is C14H20N6O2. The van der Waals surface area contributed by atoms with Gasteiger partial charge in [-0.3, -0.25) is 19.2 Å². The molecule has 2 aromatic heterocycles. The fraction of sp³-hybridized carbons (Fsp3) is 0.571. The van der Waals surface area contributed by atoms with Gasteiger partial charge in [0.15, 0.2) is 5.65 Å². The van der Waals surface area contributed by atoms with E-state index in [0.29, 0.717) is 23.4 Å². The van der Waals surface area contributed by atoms with Crippen molar-refractivity contribution in [2.45, 2.75) is 32.4 Å². The highest BCUT2D eigenvalue weighted by atomic mass is 16.1. The van der Waals surface area contributed by atoms with E-state index >= 15 is 0 Å². The molecule has 0 aromatic carbocycles. The topological polar surface area (TPSA) is 95.9 Å². The number of hydrogen-bond acceptors (Lipinski definition) is 5. The van der Waals surface area contributed by atoms with Gasteiger partial charge in [0.1, 0.15) is 11.2 Å². The molecule has 118 valence electrons. The Morgan fingerprint density at radius 2 is 2.36 bits per heavy atom. The van der Waals surface area contributed by atoms with Crippen LogP contribution in [0, 0.1) is 0 Å². The largest absolute Gasteiger partial charge is 0.352 e. The molecule has 3 heterocycles. The molecule has 0 aliphatic carbocycles. The van der Waals surface area contributed by atoms with E-state index in [-0.39, 0.29) is 17.5 Å². The van der Waals surface area contributed by atoms with Gasteiger partial charge >= 0.3 is 0 Å². The third-order valence-corrected chi connectivity index (χ3v) is 3.94. The minimum Gasteiger partial charge on any atom is -0.352 e. The summed E-state index contributed by atoms with van der Waals surface area (Å²) in [6, 6.07) is 0.165. The molecule has 1 amide bonds. The molecule has 3 rings (SSSR count). The van der Waals surface area contributed by atoms with Gasteiger partial charge in [0.2, 0.25) is 5.91 Å². The molecule has 1 saturated heterocycles. The van der Waals surface area contributed by atoms with Crippen LogP contribution in [0.3, 0.4) is 0 Å². The summed E-state index contributed by atoms with van der Waals surface area (Å²) in [4.78, 5) is 32.7. The van der Waals surface area contributed by atoms with E-state index < -0.39 is 0 Å². The molecule has 1 unspecified atom stereocenters. The van der Waals surface area contributed by atoms with Gasteiger partial charge in [-0.1, -0.05) is 0 Å². The maximum Gasteiger partial charge on any atom is 0.262 e. The SMILES string of the molecule is CC(=O)NC1CCCN(Cc2nc3c(cnn3C)c(=O)[nH]2)C1. The highest BCUT2D eigenvalue weighted by Crippen LogP contribution is 2.13. The number of carbonyl (C=O) groups excluding carboxylic acids is 1. The fourth-order valence-corrected chi connectivity index (χ4v) is 2.97. The van der Waals surface area contributed by atoms with Crippen LogP contribution in [0.25, 0.3) is 11.0 Å². The third-order valence-electron chi connectivity index (χ3n) is 3.94. The molecule has 0 bridgehead atoms. The van der Waals surface area contributed by atoms with E-state index in [2.05, 4.69) is 25.3 Å². The van der Waals surface area contributed by atoms with Gasteiger partial charge in [0, 0.05) is 26.6 Å². The Kier molecular flexibility index (Phi) is 3.93. The number of nitrogens with zero attached hydrogens (tertiary/aromatic N) is 4. The summed E-state index contributed by atoms with van der Waals surface area (Å²) in [5, 5.41) is 7.52. The lowest BCUT2D eigenvalue weighted by atomic mass is 10.1. The van der Waals surface area contributed by atoms with E-state index in [1.54, 1.807) is 11.7 Å². The normalized spacial score (nSPS) is 19.5. The van der Waals surface area contributed by atoms with Crippen LogP contribution in [0.5, 0.6) is 0 Å². The van der Waals surface area contributed by atoms with E-state index in [9.17, 15) is 9.59 Å². The Labute approximate surface area is 127 Å². The highest BCUT2D eigenvalue weighted by molar-refractivity contribution is 5.73. The standard InChI is InChI=1S/C14H20N6O2/c1-9(21)16-10-4-3-5-20(7-10)8-12-17-13-11(14(22)18-12)6-15-19(13)2/h6,10H,3-5,7-8H2,1-2H3,(H,16,21)(H,17,18,22). The summed E-state index contributed by atoms with van der Waals surface area (Å²) in [6.45, 7) is 3.80. The minimum atomic E-state index is -0.163. The van der Waals surface area contributed by atoms with Crippen molar-refractivity contribution < 1.29 is 4.79 Å². The van der Waals surface area contributed by atoms with Crippen LogP contribution in [-0.2, 0) is 18.4 Å². The predicted molar refractivity (Wildman–Crippen MR) is 81.2 cm³/mol. The zero-order chi connectivity index (χ0) is 15.7. The van der Waals surface area contributed by atoms with Crippen molar-refractivity contribution in [3.8, 4) is 0 Å². The van der Waals surface area contributed by atoms with Gasteiger partial charge in [-0.2, -0.15) is 5.10 Å². The van der Waals surface area contributed by atoms with Crippen LogP contribution in [0.15, 0.2) is 11.0 Å². The number of aromatic amines is 1. The lowest BCUT2D eigenvalue weighted by Gasteiger charge is -2.32. The maximum absolute atomic E-state index is 12.0. The smallest absolute Gasteiger partial charge is 0.262 e. The minimum absolute atomic E-state index is 0.00492. The number of aromatic nitrogens is 4. The Balaban J connectivity index is 1.76. The van der Waals surface area contributed by atoms with Crippen LogP contribution >= 0.6 is 0 Å². The summed E-state index contributed by atoms with van der Waals surface area (Å²) < 4.78 is 1.60. The molecule has 0 radical (unpaired) electrons. The third kappa shape index (κ3) is 3.01. The molecule has 8 heteroatoms. The number of fused-ring (bicyclic) bond motifs is 1. The van der Waals surface area contributed by atoms with Gasteiger partial charge in [0.05, 0.1) is 12.7 Å². The first-order valence-electron chi connectivity index (χ1n) is 7.43. The summed E-state index contributed by atoms with van der Waals surface area (Å²) >= 11 is 0. The van der Waals surface area contributed by atoms with Gasteiger partial charge in [0.25, 0.3) is 5.56 Å². The number of hydrogen-bond donors (Lipinski definition) is 2. The number of nitrogens with one attached hydrogen (secondary N) is 2. The molecule has 8 nitrogen and oxygen atoms in total. The van der Waals surface area contributed by atoms with Crippen LogP contribution in [-0.4, -0.2) is 49.7 Å². The van der Waals surface area contributed by atoms with Crippen molar-refractivity contribution in [1.29, 1.82) is 0 Å². The summed E-state index contributed by atoms with van der Waals surface area (Å²) in [5.74, 6) is 0.624. The molecule has 2 aromatic rings. The van der Waals surface area contributed by atoms with Crippen molar-refractivity contribution in [2.24, 2.45) is 7.05 Å². The van der Waals surface area contributed by atoms with Crippen LogP contribution in [0.2, 0.25) is 0 Å². The van der Waals surface area contributed by atoms with Crippen LogP contribution in [0.1, 0.15) is 25.6 Å². The monoisotopic (exact) mass is 304 g/mol. The molecule has 0 saturated carbocycles. The van der Waals surface area contributed by atoms with Crippen molar-refractivity contribution >= 4 is 16.9 Å². The van der Waals surface area contributed by atoms with E-state index in [1.165, 1.54) is 13.1 Å². The molecule has 1 fully saturated rings. The van der Waals surface area contributed by atoms with E-state index in [0.717, 1.165) is 25.9 Å². The molecule has 0 spiro atoms. The van der Waals surface area contributed by atoms with Gasteiger partial charge in [-0.05, 0) is 19.4 Å². The average Bonchev–Trinajstić information content (AvgIpc) is 2.81. The molecule has 22 heavy (non-hydrogen) atoms. The predicted octanol–water partition coefficient (Wildman–Crippen LogP) is -0.243. The second-order valence-electron chi connectivity index (χ2n) is 5.79.